The van der Waals surface area contributed by atoms with Crippen LogP contribution in [0.1, 0.15) is 0 Å². The summed E-state index contributed by atoms with van der Waals surface area (Å²) in [5.41, 5.74) is 0. The maximum absolute atomic E-state index is 9.51. The summed E-state index contributed by atoms with van der Waals surface area (Å²) >= 11 is 10.8. The topological polar surface area (TPSA) is 99.4 Å². The van der Waals surface area contributed by atoms with E-state index in [4.69, 9.17) is 37.8 Å². The minimum Gasteiger partial charge on any atom is -0.394 e. The molecule has 0 aliphatic carbocycles. The lowest BCUT2D eigenvalue weighted by Crippen LogP contribution is -2.59. The lowest BCUT2D eigenvalue weighted by atomic mass is 9.99. The van der Waals surface area contributed by atoms with Gasteiger partial charge < -0.3 is 29.9 Å². The van der Waals surface area contributed by atoms with E-state index in [0.29, 0.717) is 0 Å². The lowest BCUT2D eigenvalue weighted by Gasteiger charge is -2.39. The van der Waals surface area contributed by atoms with Gasteiger partial charge in [0.25, 0.3) is 0 Å². The molecule has 0 radical (unpaired) electrons. The Balaban J connectivity index is 2.56. The number of aliphatic hydroxyl groups is 4. The number of ether oxygens (including phenoxy) is 2. The number of rotatable bonds is 4. The molecule has 1 aliphatic rings. The first kappa shape index (κ1) is 14.4. The van der Waals surface area contributed by atoms with Crippen molar-refractivity contribution in [2.45, 2.75) is 35.5 Å². The second kappa shape index (κ2) is 6.32. The number of halogens is 2. The molecule has 0 amide bonds. The van der Waals surface area contributed by atoms with Gasteiger partial charge in [-0.15, -0.1) is 23.2 Å². The summed E-state index contributed by atoms with van der Waals surface area (Å²) in [6, 6.07) is 0. The summed E-state index contributed by atoms with van der Waals surface area (Å²) in [5.74, 6) is 0. The first-order valence-corrected chi connectivity index (χ1v) is 5.55. The van der Waals surface area contributed by atoms with E-state index in [0.717, 1.165) is 0 Å². The molecule has 4 N–H and O–H groups in total. The van der Waals surface area contributed by atoms with Gasteiger partial charge in [-0.05, 0) is 0 Å². The largest absolute Gasteiger partial charge is 0.394 e. The Kier molecular flexibility index (Phi) is 5.69. The first-order chi connectivity index (χ1) is 7.47. The molecule has 0 saturated carbocycles. The third kappa shape index (κ3) is 3.41. The van der Waals surface area contributed by atoms with Crippen molar-refractivity contribution in [3.8, 4) is 0 Å². The molecule has 96 valence electrons. The minimum absolute atomic E-state index is 0.105. The molecule has 5 atom stereocenters. The molecule has 0 unspecified atom stereocenters. The van der Waals surface area contributed by atoms with Gasteiger partial charge >= 0.3 is 0 Å². The summed E-state index contributed by atoms with van der Waals surface area (Å²) in [6.45, 7) is -0.609. The Morgan fingerprint density at radius 3 is 2.25 bits per heavy atom. The second-order valence-electron chi connectivity index (χ2n) is 3.42. The zero-order valence-electron chi connectivity index (χ0n) is 8.24. The summed E-state index contributed by atoms with van der Waals surface area (Å²) in [4.78, 5) is -0.799. The van der Waals surface area contributed by atoms with Crippen molar-refractivity contribution < 1.29 is 29.9 Å². The van der Waals surface area contributed by atoms with Crippen molar-refractivity contribution in [2.75, 3.05) is 13.2 Å². The van der Waals surface area contributed by atoms with E-state index in [2.05, 4.69) is 0 Å². The molecule has 0 bridgehead atoms. The molecular weight excluding hydrogens is 263 g/mol. The van der Waals surface area contributed by atoms with Gasteiger partial charge in [-0.2, -0.15) is 0 Å². The molecule has 8 heteroatoms. The number of alkyl halides is 2. The van der Waals surface area contributed by atoms with Gasteiger partial charge in [-0.1, -0.05) is 0 Å². The maximum atomic E-state index is 9.51. The summed E-state index contributed by atoms with van der Waals surface area (Å²) in [7, 11) is 0. The van der Waals surface area contributed by atoms with E-state index < -0.39 is 42.1 Å². The van der Waals surface area contributed by atoms with Crippen LogP contribution in [0.5, 0.6) is 0 Å². The van der Waals surface area contributed by atoms with E-state index >= 15 is 0 Å². The van der Waals surface area contributed by atoms with E-state index in [1.54, 1.807) is 0 Å². The minimum atomic E-state index is -1.46. The third-order valence-corrected chi connectivity index (χ3v) is 2.49. The molecule has 6 nitrogen and oxygen atoms in total. The van der Waals surface area contributed by atoms with E-state index in [9.17, 15) is 15.3 Å². The average Bonchev–Trinajstić information content (AvgIpc) is 2.25. The van der Waals surface area contributed by atoms with Gasteiger partial charge in [0.15, 0.2) is 6.29 Å². The zero-order valence-corrected chi connectivity index (χ0v) is 9.75. The van der Waals surface area contributed by atoms with Gasteiger partial charge in [0.1, 0.15) is 29.3 Å². The monoisotopic (exact) mass is 276 g/mol. The molecule has 16 heavy (non-hydrogen) atoms. The quantitative estimate of drug-likeness (QED) is 0.472. The first-order valence-electron chi connectivity index (χ1n) is 4.67. The average molecular weight is 277 g/mol. The second-order valence-corrected chi connectivity index (χ2v) is 4.70. The van der Waals surface area contributed by atoms with Gasteiger partial charge in [-0.25, -0.2) is 0 Å². The smallest absolute Gasteiger partial charge is 0.186 e. The van der Waals surface area contributed by atoms with Gasteiger partial charge in [0, 0.05) is 0 Å². The Labute approximate surface area is 102 Å². The van der Waals surface area contributed by atoms with E-state index in [1.165, 1.54) is 0 Å². The Morgan fingerprint density at radius 2 is 1.75 bits per heavy atom. The van der Waals surface area contributed by atoms with Gasteiger partial charge in [-0.3, -0.25) is 0 Å². The van der Waals surface area contributed by atoms with Gasteiger partial charge in [0.2, 0.25) is 0 Å². The number of hydrogen-bond acceptors (Lipinski definition) is 6. The summed E-state index contributed by atoms with van der Waals surface area (Å²) < 4.78 is 10.0. The summed E-state index contributed by atoms with van der Waals surface area (Å²) in [5, 5.41) is 37.2. The highest BCUT2D eigenvalue weighted by molar-refractivity contribution is 6.44. The molecule has 0 aromatic carbocycles. The Bertz CT molecular complexity index is 215. The highest BCUT2D eigenvalue weighted by Gasteiger charge is 2.44. The molecule has 0 aromatic heterocycles. The molecule has 0 aromatic rings. The zero-order chi connectivity index (χ0) is 12.3. The molecule has 0 spiro atoms. The number of hydrogen-bond donors (Lipinski definition) is 4. The van der Waals surface area contributed by atoms with Crippen LogP contribution >= 0.6 is 23.2 Å². The highest BCUT2D eigenvalue weighted by atomic mass is 35.5. The molecule has 1 fully saturated rings. The molecule has 1 saturated heterocycles. The fourth-order valence-electron chi connectivity index (χ4n) is 1.37. The third-order valence-electron chi connectivity index (χ3n) is 2.23. The van der Waals surface area contributed by atoms with Crippen molar-refractivity contribution in [1.29, 1.82) is 0 Å². The fraction of sp³-hybridized carbons (Fsp3) is 1.00. The van der Waals surface area contributed by atoms with Crippen LogP contribution in [0.25, 0.3) is 0 Å². The Morgan fingerprint density at radius 1 is 1.12 bits per heavy atom. The van der Waals surface area contributed by atoms with Crippen molar-refractivity contribution >= 4 is 23.2 Å². The van der Waals surface area contributed by atoms with Crippen LogP contribution in [0.2, 0.25) is 0 Å². The molecule has 1 aliphatic heterocycles. The SMILES string of the molecule is OC[C@H]1O[C@@H](OCC(Cl)Cl)[C@H](O)[C@@H](O)[C@H]1O. The van der Waals surface area contributed by atoms with Crippen molar-refractivity contribution in [3.05, 3.63) is 0 Å². The maximum Gasteiger partial charge on any atom is 0.186 e. The Hall–Kier alpha value is 0.340. The normalized spacial score (nSPS) is 40.3. The molecule has 1 rings (SSSR count). The van der Waals surface area contributed by atoms with Crippen molar-refractivity contribution in [3.63, 3.8) is 0 Å². The predicted octanol–water partition coefficient (Wildman–Crippen LogP) is -1.39. The van der Waals surface area contributed by atoms with Crippen LogP contribution in [0.4, 0.5) is 0 Å². The predicted molar refractivity (Wildman–Crippen MR) is 55.2 cm³/mol. The van der Waals surface area contributed by atoms with Gasteiger partial charge in [0.05, 0.1) is 13.2 Å². The van der Waals surface area contributed by atoms with Crippen LogP contribution in [0.15, 0.2) is 0 Å². The summed E-state index contributed by atoms with van der Waals surface area (Å²) in [6.07, 6.45) is -6.46. The fourth-order valence-corrected chi connectivity index (χ4v) is 1.52. The van der Waals surface area contributed by atoms with Crippen LogP contribution in [0, 0.1) is 0 Å². The van der Waals surface area contributed by atoms with Crippen LogP contribution in [0.3, 0.4) is 0 Å². The standard InChI is InChI=1S/C8H14Cl2O6/c9-4(10)2-15-8-7(14)6(13)5(12)3(1-11)16-8/h3-8,11-14H,1-2H2/t3-,5+,6+,7-,8-/m1/s1. The lowest BCUT2D eigenvalue weighted by molar-refractivity contribution is -0.300. The van der Waals surface area contributed by atoms with E-state index in [1.807, 2.05) is 0 Å². The molecule has 1 heterocycles. The van der Waals surface area contributed by atoms with Crippen LogP contribution < -0.4 is 0 Å². The number of aliphatic hydroxyl groups excluding tert-OH is 4. The van der Waals surface area contributed by atoms with E-state index in [-0.39, 0.29) is 6.61 Å². The van der Waals surface area contributed by atoms with Crippen molar-refractivity contribution in [2.24, 2.45) is 0 Å². The van der Waals surface area contributed by atoms with Crippen molar-refractivity contribution in [1.82, 2.24) is 0 Å². The van der Waals surface area contributed by atoms with Crippen LogP contribution in [-0.4, -0.2) is 69.2 Å². The highest BCUT2D eigenvalue weighted by Crippen LogP contribution is 2.22. The van der Waals surface area contributed by atoms with Crippen LogP contribution in [-0.2, 0) is 9.47 Å². The molecular formula is C8H14Cl2O6.